The maximum absolute atomic E-state index is 12.8. The van der Waals surface area contributed by atoms with Gasteiger partial charge in [-0.25, -0.2) is 8.42 Å². The molecular formula is C21H17N3O5S. The molecule has 0 aliphatic rings. The highest BCUT2D eigenvalue weighted by Crippen LogP contribution is 2.24. The highest BCUT2D eigenvalue weighted by Gasteiger charge is 2.18. The SMILES string of the molecule is CC(=O)c1ccc(S(=O)(=O)Nc2ccccc2Cc2nc(-c3ccco3)no2)cc1. The highest BCUT2D eigenvalue weighted by atomic mass is 32.2. The molecule has 0 amide bonds. The summed E-state index contributed by atoms with van der Waals surface area (Å²) < 4.78 is 38.7. The van der Waals surface area contributed by atoms with Crippen molar-refractivity contribution in [3.8, 4) is 11.6 Å². The molecule has 0 saturated heterocycles. The van der Waals surface area contributed by atoms with E-state index in [0.29, 0.717) is 34.3 Å². The van der Waals surface area contributed by atoms with E-state index in [-0.39, 0.29) is 17.1 Å². The largest absolute Gasteiger partial charge is 0.461 e. The van der Waals surface area contributed by atoms with Crippen molar-refractivity contribution < 1.29 is 22.2 Å². The number of ketones is 1. The summed E-state index contributed by atoms with van der Waals surface area (Å²) in [6, 6.07) is 16.1. The first-order valence-corrected chi connectivity index (χ1v) is 10.5. The minimum atomic E-state index is -3.84. The van der Waals surface area contributed by atoms with E-state index < -0.39 is 10.0 Å². The molecule has 4 aromatic rings. The van der Waals surface area contributed by atoms with Crippen LogP contribution in [0.1, 0.15) is 28.7 Å². The van der Waals surface area contributed by atoms with Gasteiger partial charge < -0.3 is 8.94 Å². The maximum Gasteiger partial charge on any atom is 0.261 e. The molecule has 30 heavy (non-hydrogen) atoms. The van der Waals surface area contributed by atoms with E-state index in [9.17, 15) is 13.2 Å². The Hall–Kier alpha value is -3.72. The van der Waals surface area contributed by atoms with Gasteiger partial charge in [-0.05, 0) is 42.8 Å². The molecule has 0 atom stereocenters. The van der Waals surface area contributed by atoms with E-state index in [1.54, 1.807) is 36.4 Å². The van der Waals surface area contributed by atoms with E-state index >= 15 is 0 Å². The van der Waals surface area contributed by atoms with Crippen LogP contribution in [0.25, 0.3) is 11.6 Å². The number of furan rings is 1. The Balaban J connectivity index is 1.56. The minimum absolute atomic E-state index is 0.0557. The van der Waals surface area contributed by atoms with Gasteiger partial charge in [0.25, 0.3) is 10.0 Å². The average molecular weight is 423 g/mol. The van der Waals surface area contributed by atoms with Crippen LogP contribution in [0.4, 0.5) is 5.69 Å². The fraction of sp³-hybridized carbons (Fsp3) is 0.0952. The number of carbonyl (C=O) groups is 1. The lowest BCUT2D eigenvalue weighted by atomic mass is 10.1. The van der Waals surface area contributed by atoms with Crippen molar-refractivity contribution in [3.63, 3.8) is 0 Å². The highest BCUT2D eigenvalue weighted by molar-refractivity contribution is 7.92. The van der Waals surface area contributed by atoms with Gasteiger partial charge in [0.15, 0.2) is 11.5 Å². The van der Waals surface area contributed by atoms with Gasteiger partial charge in [-0.15, -0.1) is 0 Å². The van der Waals surface area contributed by atoms with Gasteiger partial charge in [-0.1, -0.05) is 35.5 Å². The zero-order valence-electron chi connectivity index (χ0n) is 15.9. The van der Waals surface area contributed by atoms with Gasteiger partial charge in [-0.2, -0.15) is 4.98 Å². The molecule has 0 radical (unpaired) electrons. The minimum Gasteiger partial charge on any atom is -0.461 e. The lowest BCUT2D eigenvalue weighted by molar-refractivity contribution is 0.101. The Morgan fingerprint density at radius 3 is 2.50 bits per heavy atom. The van der Waals surface area contributed by atoms with Crippen molar-refractivity contribution in [2.45, 2.75) is 18.2 Å². The number of nitrogens with zero attached hydrogens (tertiary/aromatic N) is 2. The van der Waals surface area contributed by atoms with Crippen LogP contribution >= 0.6 is 0 Å². The molecule has 0 aliphatic carbocycles. The smallest absolute Gasteiger partial charge is 0.261 e. The first-order valence-electron chi connectivity index (χ1n) is 9.00. The fourth-order valence-electron chi connectivity index (χ4n) is 2.84. The van der Waals surface area contributed by atoms with E-state index in [1.807, 2.05) is 0 Å². The van der Waals surface area contributed by atoms with Crippen molar-refractivity contribution in [3.05, 3.63) is 83.9 Å². The Morgan fingerprint density at radius 1 is 1.03 bits per heavy atom. The molecular weight excluding hydrogens is 406 g/mol. The average Bonchev–Trinajstić information content (AvgIpc) is 3.41. The van der Waals surface area contributed by atoms with Crippen LogP contribution in [0.5, 0.6) is 0 Å². The van der Waals surface area contributed by atoms with Gasteiger partial charge in [0, 0.05) is 5.56 Å². The summed E-state index contributed by atoms with van der Waals surface area (Å²) in [6.45, 7) is 1.42. The molecule has 0 fully saturated rings. The zero-order chi connectivity index (χ0) is 21.1. The molecule has 9 heteroatoms. The van der Waals surface area contributed by atoms with Gasteiger partial charge in [0.1, 0.15) is 0 Å². The number of aromatic nitrogens is 2. The number of anilines is 1. The van der Waals surface area contributed by atoms with E-state index in [1.165, 1.54) is 37.5 Å². The summed E-state index contributed by atoms with van der Waals surface area (Å²) in [5, 5.41) is 3.88. The number of hydrogen-bond donors (Lipinski definition) is 1. The predicted octanol–water partition coefficient (Wildman–Crippen LogP) is 3.92. The quantitative estimate of drug-likeness (QED) is 0.448. The van der Waals surface area contributed by atoms with E-state index in [4.69, 9.17) is 8.94 Å². The predicted molar refractivity (Wildman–Crippen MR) is 109 cm³/mol. The van der Waals surface area contributed by atoms with Crippen molar-refractivity contribution in [1.82, 2.24) is 10.1 Å². The lowest BCUT2D eigenvalue weighted by Crippen LogP contribution is -2.14. The Labute approximate surface area is 172 Å². The molecule has 0 bridgehead atoms. The second kappa shape index (κ2) is 7.96. The van der Waals surface area contributed by atoms with Crippen molar-refractivity contribution in [2.75, 3.05) is 4.72 Å². The number of carbonyl (C=O) groups excluding carboxylic acids is 1. The molecule has 4 rings (SSSR count). The van der Waals surface area contributed by atoms with Crippen molar-refractivity contribution in [1.29, 1.82) is 0 Å². The summed E-state index contributed by atoms with van der Waals surface area (Å²) >= 11 is 0. The van der Waals surface area contributed by atoms with Gasteiger partial charge in [0.2, 0.25) is 11.7 Å². The van der Waals surface area contributed by atoms with E-state index in [2.05, 4.69) is 14.9 Å². The number of benzene rings is 2. The first kappa shape index (κ1) is 19.6. The van der Waals surface area contributed by atoms with Gasteiger partial charge in [0.05, 0.1) is 23.3 Å². The number of hydrogen-bond acceptors (Lipinski definition) is 7. The third-order valence-electron chi connectivity index (χ3n) is 4.38. The monoisotopic (exact) mass is 423 g/mol. The van der Waals surface area contributed by atoms with Crippen LogP contribution in [-0.4, -0.2) is 24.3 Å². The van der Waals surface area contributed by atoms with Crippen LogP contribution < -0.4 is 4.72 Å². The number of sulfonamides is 1. The molecule has 152 valence electrons. The third kappa shape index (κ3) is 4.15. The summed E-state index contributed by atoms with van der Waals surface area (Å²) in [6.07, 6.45) is 1.74. The van der Waals surface area contributed by atoms with Gasteiger partial charge in [-0.3, -0.25) is 9.52 Å². The molecule has 0 aliphatic heterocycles. The summed E-state index contributed by atoms with van der Waals surface area (Å²) in [5.41, 5.74) is 1.50. The van der Waals surface area contributed by atoms with Gasteiger partial charge >= 0.3 is 0 Å². The summed E-state index contributed by atoms with van der Waals surface area (Å²) in [4.78, 5) is 15.7. The lowest BCUT2D eigenvalue weighted by Gasteiger charge is -2.12. The fourth-order valence-corrected chi connectivity index (χ4v) is 3.94. The first-order chi connectivity index (χ1) is 14.4. The zero-order valence-corrected chi connectivity index (χ0v) is 16.7. The summed E-state index contributed by atoms with van der Waals surface area (Å²) in [7, 11) is -3.84. The molecule has 8 nitrogen and oxygen atoms in total. The van der Waals surface area contributed by atoms with Crippen LogP contribution in [0.3, 0.4) is 0 Å². The molecule has 0 unspecified atom stereocenters. The molecule has 2 heterocycles. The summed E-state index contributed by atoms with van der Waals surface area (Å²) in [5.74, 6) is 0.983. The Bertz CT molecular complexity index is 1280. The van der Waals surface area contributed by atoms with E-state index in [0.717, 1.165) is 0 Å². The standard InChI is InChI=1S/C21H17N3O5S/c1-14(25)15-8-10-17(11-9-15)30(26,27)24-18-6-3-2-5-16(18)13-20-22-21(23-29-20)19-7-4-12-28-19/h2-12,24H,13H2,1H3. The third-order valence-corrected chi connectivity index (χ3v) is 5.77. The molecule has 1 N–H and O–H groups in total. The second-order valence-corrected chi connectivity index (χ2v) is 8.19. The topological polar surface area (TPSA) is 115 Å². The number of para-hydroxylation sites is 1. The maximum atomic E-state index is 12.8. The van der Waals surface area contributed by atoms with Crippen molar-refractivity contribution >= 4 is 21.5 Å². The van der Waals surface area contributed by atoms with Crippen LogP contribution in [0, 0.1) is 0 Å². The molecule has 2 aromatic heterocycles. The number of nitrogens with one attached hydrogen (secondary N) is 1. The Morgan fingerprint density at radius 2 is 1.80 bits per heavy atom. The van der Waals surface area contributed by atoms with Crippen LogP contribution in [0.2, 0.25) is 0 Å². The normalized spacial score (nSPS) is 11.4. The van der Waals surface area contributed by atoms with Crippen LogP contribution in [-0.2, 0) is 16.4 Å². The second-order valence-electron chi connectivity index (χ2n) is 6.51. The molecule has 2 aromatic carbocycles. The Kier molecular flexibility index (Phi) is 5.20. The number of rotatable bonds is 7. The van der Waals surface area contributed by atoms with Crippen LogP contribution in [0.15, 0.2) is 80.8 Å². The molecule has 0 spiro atoms. The molecule has 0 saturated carbocycles. The van der Waals surface area contributed by atoms with Crippen molar-refractivity contribution in [2.24, 2.45) is 0 Å². The number of Topliss-reactive ketones (excluding diaryl/α,β-unsaturated/α-hetero) is 1.